The number of aromatic nitrogens is 4. The minimum atomic E-state index is -0.569. The second-order valence-corrected chi connectivity index (χ2v) is 7.62. The summed E-state index contributed by atoms with van der Waals surface area (Å²) in [6.45, 7) is 3.39. The number of aromatic amines is 1. The fourth-order valence-electron chi connectivity index (χ4n) is 3.33. The van der Waals surface area contributed by atoms with Crippen molar-refractivity contribution in [2.24, 2.45) is 0 Å². The summed E-state index contributed by atoms with van der Waals surface area (Å²) in [5.41, 5.74) is 4.83. The second kappa shape index (κ2) is 10.1. The Morgan fingerprint density at radius 1 is 1.15 bits per heavy atom. The number of fused-ring (bicyclic) bond motifs is 1. The molecule has 0 aliphatic rings. The lowest BCUT2D eigenvalue weighted by Crippen LogP contribution is -2.19. The lowest BCUT2D eigenvalue weighted by atomic mass is 10.0. The predicted molar refractivity (Wildman–Crippen MR) is 127 cm³/mol. The number of anilines is 1. The maximum Gasteiger partial charge on any atom is 0.413 e. The quantitative estimate of drug-likeness (QED) is 0.418. The Morgan fingerprint density at radius 3 is 2.79 bits per heavy atom. The van der Waals surface area contributed by atoms with E-state index in [1.807, 2.05) is 50.5 Å². The zero-order chi connectivity index (χ0) is 23.2. The maximum absolute atomic E-state index is 11.9. The molecule has 33 heavy (non-hydrogen) atoms. The van der Waals surface area contributed by atoms with Crippen molar-refractivity contribution >= 4 is 23.1 Å². The summed E-state index contributed by atoms with van der Waals surface area (Å²) in [7, 11) is 4.00. The molecule has 2 N–H and O–H groups in total. The summed E-state index contributed by atoms with van der Waals surface area (Å²) in [4.78, 5) is 30.5. The van der Waals surface area contributed by atoms with E-state index < -0.39 is 6.09 Å². The average molecular weight is 447 g/mol. The molecule has 0 spiro atoms. The molecule has 0 atom stereocenters. The van der Waals surface area contributed by atoms with Crippen LogP contribution in [-0.2, 0) is 4.74 Å². The largest absolute Gasteiger partial charge is 0.492 e. The number of ether oxygens (including phenoxy) is 2. The molecule has 170 valence electrons. The van der Waals surface area contributed by atoms with Crippen LogP contribution in [0.4, 0.5) is 10.7 Å². The molecule has 3 heterocycles. The van der Waals surface area contributed by atoms with Crippen molar-refractivity contribution < 1.29 is 14.3 Å². The van der Waals surface area contributed by atoms with Gasteiger partial charge in [0.25, 0.3) is 0 Å². The number of imidazole rings is 1. The summed E-state index contributed by atoms with van der Waals surface area (Å²) in [5, 5.41) is 2.63. The molecule has 4 rings (SSSR count). The van der Waals surface area contributed by atoms with Gasteiger partial charge in [-0.15, -0.1) is 0 Å². The molecule has 0 fully saturated rings. The molecule has 9 nitrogen and oxygen atoms in total. The lowest BCUT2D eigenvalue weighted by molar-refractivity contribution is 0.167. The van der Waals surface area contributed by atoms with E-state index in [1.165, 1.54) is 0 Å². The molecule has 1 amide bonds. The Kier molecular flexibility index (Phi) is 6.80. The van der Waals surface area contributed by atoms with Gasteiger partial charge in [0.1, 0.15) is 12.4 Å². The van der Waals surface area contributed by atoms with E-state index in [4.69, 9.17) is 9.47 Å². The van der Waals surface area contributed by atoms with Gasteiger partial charge in [0.15, 0.2) is 0 Å². The molecular formula is C24H26N6O3. The van der Waals surface area contributed by atoms with Crippen LogP contribution < -0.4 is 10.1 Å². The summed E-state index contributed by atoms with van der Waals surface area (Å²) >= 11 is 0. The summed E-state index contributed by atoms with van der Waals surface area (Å²) in [6.07, 6.45) is 4.68. The van der Waals surface area contributed by atoms with Gasteiger partial charge in [0, 0.05) is 42.3 Å². The molecule has 4 aromatic rings. The number of hydrogen-bond donors (Lipinski definition) is 2. The molecule has 0 unspecified atom stereocenters. The fourth-order valence-corrected chi connectivity index (χ4v) is 3.33. The van der Waals surface area contributed by atoms with Gasteiger partial charge < -0.3 is 19.4 Å². The van der Waals surface area contributed by atoms with Crippen molar-refractivity contribution in [1.29, 1.82) is 0 Å². The second-order valence-electron chi connectivity index (χ2n) is 7.62. The van der Waals surface area contributed by atoms with Crippen molar-refractivity contribution in [2.75, 3.05) is 39.2 Å². The van der Waals surface area contributed by atoms with Gasteiger partial charge in [-0.05, 0) is 50.8 Å². The van der Waals surface area contributed by atoms with Crippen LogP contribution in [0.15, 0.2) is 55.0 Å². The highest BCUT2D eigenvalue weighted by atomic mass is 16.5. The van der Waals surface area contributed by atoms with Crippen molar-refractivity contribution in [3.05, 3.63) is 55.0 Å². The molecule has 0 radical (unpaired) electrons. The summed E-state index contributed by atoms with van der Waals surface area (Å²) in [6, 6.07) is 11.6. The minimum Gasteiger partial charge on any atom is -0.492 e. The van der Waals surface area contributed by atoms with E-state index in [0.29, 0.717) is 23.8 Å². The van der Waals surface area contributed by atoms with Crippen LogP contribution in [0.25, 0.3) is 33.4 Å². The number of amides is 1. The van der Waals surface area contributed by atoms with Crippen LogP contribution >= 0.6 is 0 Å². The zero-order valence-corrected chi connectivity index (χ0v) is 18.8. The third kappa shape index (κ3) is 5.45. The number of carbonyl (C=O) groups is 1. The van der Waals surface area contributed by atoms with E-state index in [-0.39, 0.29) is 6.61 Å². The van der Waals surface area contributed by atoms with Gasteiger partial charge in [-0.3, -0.25) is 15.3 Å². The van der Waals surface area contributed by atoms with Crippen LogP contribution in [0, 0.1) is 0 Å². The first-order valence-corrected chi connectivity index (χ1v) is 10.7. The molecule has 0 aliphatic carbocycles. The van der Waals surface area contributed by atoms with Gasteiger partial charge in [0.2, 0.25) is 5.95 Å². The topological polar surface area (TPSA) is 105 Å². The maximum atomic E-state index is 11.9. The predicted octanol–water partition coefficient (Wildman–Crippen LogP) is 4.20. The number of pyridine rings is 2. The van der Waals surface area contributed by atoms with Gasteiger partial charge in [-0.2, -0.15) is 0 Å². The average Bonchev–Trinajstić information content (AvgIpc) is 3.21. The standard InChI is InChI=1S/C24H26N6O3/c1-4-32-24(31)29-23-27-21-13-17(16-6-5-8-25-15-16)12-19(22(21)28-23)20-14-18(7-9-26-20)33-11-10-30(2)3/h5-9,12-15H,4,10-11H2,1-3H3,(H2,27,28,29,31). The Bertz CT molecular complexity index is 1240. The Labute approximate surface area is 191 Å². The lowest BCUT2D eigenvalue weighted by Gasteiger charge is -2.12. The number of nitrogens with zero attached hydrogens (tertiary/aromatic N) is 4. The highest BCUT2D eigenvalue weighted by Crippen LogP contribution is 2.34. The van der Waals surface area contributed by atoms with E-state index in [1.54, 1.807) is 25.5 Å². The minimum absolute atomic E-state index is 0.271. The number of H-pyrrole nitrogens is 1. The van der Waals surface area contributed by atoms with Crippen molar-refractivity contribution in [3.63, 3.8) is 0 Å². The van der Waals surface area contributed by atoms with E-state index in [2.05, 4.69) is 30.2 Å². The number of nitrogens with one attached hydrogen (secondary N) is 2. The first-order valence-electron chi connectivity index (χ1n) is 10.7. The molecule has 0 saturated heterocycles. The van der Waals surface area contributed by atoms with Crippen molar-refractivity contribution in [2.45, 2.75) is 6.92 Å². The van der Waals surface area contributed by atoms with Gasteiger partial charge in [0.05, 0.1) is 23.3 Å². The van der Waals surface area contributed by atoms with E-state index in [0.717, 1.165) is 34.5 Å². The molecule has 0 bridgehead atoms. The Hall–Kier alpha value is -3.98. The van der Waals surface area contributed by atoms with Crippen LogP contribution in [-0.4, -0.2) is 64.8 Å². The van der Waals surface area contributed by atoms with E-state index >= 15 is 0 Å². The molecule has 9 heteroatoms. The zero-order valence-electron chi connectivity index (χ0n) is 18.8. The van der Waals surface area contributed by atoms with Gasteiger partial charge in [-0.25, -0.2) is 9.78 Å². The molecule has 3 aromatic heterocycles. The first-order chi connectivity index (χ1) is 16.0. The van der Waals surface area contributed by atoms with Crippen molar-refractivity contribution in [1.82, 2.24) is 24.8 Å². The molecule has 0 saturated carbocycles. The normalized spacial score (nSPS) is 11.0. The van der Waals surface area contributed by atoms with Crippen LogP contribution in [0.2, 0.25) is 0 Å². The Morgan fingerprint density at radius 2 is 2.03 bits per heavy atom. The smallest absolute Gasteiger partial charge is 0.413 e. The molecule has 1 aromatic carbocycles. The fraction of sp³-hybridized carbons (Fsp3) is 0.250. The van der Waals surface area contributed by atoms with Crippen LogP contribution in [0.1, 0.15) is 6.92 Å². The third-order valence-electron chi connectivity index (χ3n) is 4.89. The monoisotopic (exact) mass is 446 g/mol. The summed E-state index contributed by atoms with van der Waals surface area (Å²) in [5.74, 6) is 1.02. The number of hydrogen-bond acceptors (Lipinski definition) is 7. The Balaban J connectivity index is 1.76. The van der Waals surface area contributed by atoms with E-state index in [9.17, 15) is 4.79 Å². The molecule has 0 aliphatic heterocycles. The van der Waals surface area contributed by atoms with Crippen LogP contribution in [0.5, 0.6) is 5.75 Å². The third-order valence-corrected chi connectivity index (χ3v) is 4.89. The van der Waals surface area contributed by atoms with Crippen molar-refractivity contribution in [3.8, 4) is 28.1 Å². The number of carbonyl (C=O) groups excluding carboxylic acids is 1. The SMILES string of the molecule is CCOC(=O)Nc1nc2c(-c3cc(OCCN(C)C)ccn3)cc(-c3cccnc3)cc2[nH]1. The van der Waals surface area contributed by atoms with Crippen LogP contribution in [0.3, 0.4) is 0 Å². The highest BCUT2D eigenvalue weighted by molar-refractivity contribution is 5.97. The number of benzene rings is 1. The number of likely N-dealkylation sites (N-methyl/N-ethyl adjacent to an activating group) is 1. The molecular weight excluding hydrogens is 420 g/mol. The highest BCUT2D eigenvalue weighted by Gasteiger charge is 2.15. The van der Waals surface area contributed by atoms with Gasteiger partial charge in [-0.1, -0.05) is 6.07 Å². The number of rotatable bonds is 8. The summed E-state index contributed by atoms with van der Waals surface area (Å²) < 4.78 is 10.9. The first kappa shape index (κ1) is 22.2. The van der Waals surface area contributed by atoms with Gasteiger partial charge >= 0.3 is 6.09 Å².